The molecular weight excluding hydrogens is 284 g/mol. The van der Waals surface area contributed by atoms with E-state index in [1.807, 2.05) is 23.1 Å². The average Bonchev–Trinajstić information content (AvgIpc) is 2.67. The maximum absolute atomic E-state index is 3.57. The van der Waals surface area contributed by atoms with E-state index < -0.39 is 0 Å². The number of hydrogen-bond acceptors (Lipinski definition) is 4. The van der Waals surface area contributed by atoms with Gasteiger partial charge in [0.1, 0.15) is 0 Å². The lowest BCUT2D eigenvalue weighted by Crippen LogP contribution is -2.34. The van der Waals surface area contributed by atoms with Crippen LogP contribution in [-0.2, 0) is 13.1 Å². The number of thioether (sulfide) groups is 1. The molecule has 4 heteroatoms. The van der Waals surface area contributed by atoms with E-state index in [1.165, 1.54) is 21.1 Å². The van der Waals surface area contributed by atoms with Crippen molar-refractivity contribution in [1.29, 1.82) is 0 Å². The van der Waals surface area contributed by atoms with Gasteiger partial charge in [-0.1, -0.05) is 0 Å². The van der Waals surface area contributed by atoms with E-state index in [9.17, 15) is 0 Å². The Labute approximate surface area is 133 Å². The zero-order chi connectivity index (χ0) is 15.3. The predicted octanol–water partition coefficient (Wildman–Crippen LogP) is 4.13. The van der Waals surface area contributed by atoms with Crippen LogP contribution < -0.4 is 5.32 Å². The molecule has 1 aromatic heterocycles. The summed E-state index contributed by atoms with van der Waals surface area (Å²) in [6.45, 7) is 13.2. The number of rotatable bonds is 7. The highest BCUT2D eigenvalue weighted by atomic mass is 32.2. The third-order valence-corrected chi connectivity index (χ3v) is 5.35. The second kappa shape index (κ2) is 7.83. The third kappa shape index (κ3) is 6.17. The van der Waals surface area contributed by atoms with Crippen molar-refractivity contribution in [3.8, 4) is 0 Å². The summed E-state index contributed by atoms with van der Waals surface area (Å²) >= 11 is 3.85. The summed E-state index contributed by atoms with van der Waals surface area (Å²) < 4.78 is 0. The summed E-state index contributed by atoms with van der Waals surface area (Å²) in [5.74, 6) is 1.19. The fourth-order valence-corrected chi connectivity index (χ4v) is 3.71. The van der Waals surface area contributed by atoms with Crippen molar-refractivity contribution in [2.24, 2.45) is 0 Å². The smallest absolute Gasteiger partial charge is 0.0304 e. The Morgan fingerprint density at radius 2 is 2.05 bits per heavy atom. The summed E-state index contributed by atoms with van der Waals surface area (Å²) in [6.07, 6.45) is 2.18. The molecule has 0 aliphatic carbocycles. The van der Waals surface area contributed by atoms with E-state index >= 15 is 0 Å². The topological polar surface area (TPSA) is 15.3 Å². The molecule has 0 amide bonds. The third-order valence-electron chi connectivity index (χ3n) is 3.44. The molecule has 0 aromatic carbocycles. The van der Waals surface area contributed by atoms with Crippen LogP contribution in [-0.4, -0.2) is 35.5 Å². The predicted molar refractivity (Wildman–Crippen MR) is 95.0 cm³/mol. The fourth-order valence-electron chi connectivity index (χ4n) is 1.98. The number of thiophene rings is 1. The molecule has 116 valence electrons. The lowest BCUT2D eigenvalue weighted by Gasteiger charge is -2.23. The first-order chi connectivity index (χ1) is 9.23. The van der Waals surface area contributed by atoms with E-state index in [2.05, 4.69) is 64.2 Å². The minimum absolute atomic E-state index is 0.182. The Morgan fingerprint density at radius 1 is 1.40 bits per heavy atom. The van der Waals surface area contributed by atoms with Crippen molar-refractivity contribution in [2.45, 2.75) is 59.3 Å². The molecule has 0 saturated heterocycles. The van der Waals surface area contributed by atoms with Gasteiger partial charge in [0.05, 0.1) is 0 Å². The summed E-state index contributed by atoms with van der Waals surface area (Å²) in [4.78, 5) is 5.35. The molecule has 0 aliphatic rings. The van der Waals surface area contributed by atoms with Crippen LogP contribution in [0.15, 0.2) is 6.07 Å². The van der Waals surface area contributed by atoms with Gasteiger partial charge in [0.15, 0.2) is 0 Å². The Bertz CT molecular complexity index is 407. The van der Waals surface area contributed by atoms with Gasteiger partial charge < -0.3 is 5.32 Å². The van der Waals surface area contributed by atoms with Crippen molar-refractivity contribution in [1.82, 2.24) is 10.2 Å². The summed E-state index contributed by atoms with van der Waals surface area (Å²) in [6, 6.07) is 3.00. The first kappa shape index (κ1) is 18.0. The molecule has 0 spiro atoms. The second-order valence-corrected chi connectivity index (χ2v) is 8.87. The van der Waals surface area contributed by atoms with Crippen LogP contribution in [0.25, 0.3) is 0 Å². The molecular formula is C16H30N2S2. The largest absolute Gasteiger partial charge is 0.307 e. The first-order valence-electron chi connectivity index (χ1n) is 7.25. The van der Waals surface area contributed by atoms with Crippen LogP contribution in [0.3, 0.4) is 0 Å². The van der Waals surface area contributed by atoms with Crippen molar-refractivity contribution in [3.63, 3.8) is 0 Å². The quantitative estimate of drug-likeness (QED) is 0.815. The molecule has 0 bridgehead atoms. The van der Waals surface area contributed by atoms with Gasteiger partial charge >= 0.3 is 0 Å². The van der Waals surface area contributed by atoms with Crippen LogP contribution >= 0.6 is 23.1 Å². The van der Waals surface area contributed by atoms with Crippen molar-refractivity contribution in [3.05, 3.63) is 21.4 Å². The highest BCUT2D eigenvalue weighted by Gasteiger charge is 2.14. The molecule has 1 N–H and O–H groups in total. The lowest BCUT2D eigenvalue weighted by molar-refractivity contribution is 0.269. The fraction of sp³-hybridized carbons (Fsp3) is 0.750. The standard InChI is InChI=1S/C16H30N2S2/c1-12(11-19-7)18(6)10-14-8-15(20-13(14)2)9-17-16(3,4)5/h8,12,17H,9-11H2,1-7H3. The van der Waals surface area contributed by atoms with E-state index in [1.54, 1.807) is 0 Å². The van der Waals surface area contributed by atoms with Gasteiger partial charge in [-0.2, -0.15) is 11.8 Å². The van der Waals surface area contributed by atoms with E-state index in [0.717, 1.165) is 13.1 Å². The molecule has 0 saturated carbocycles. The first-order valence-corrected chi connectivity index (χ1v) is 9.46. The second-order valence-electron chi connectivity index (χ2n) is 6.62. The molecule has 2 nitrogen and oxygen atoms in total. The van der Waals surface area contributed by atoms with Gasteiger partial charge in [0, 0.05) is 40.2 Å². The summed E-state index contributed by atoms with van der Waals surface area (Å²) in [7, 11) is 2.23. The molecule has 1 unspecified atom stereocenters. The molecule has 1 aromatic rings. The highest BCUT2D eigenvalue weighted by molar-refractivity contribution is 7.98. The van der Waals surface area contributed by atoms with E-state index in [-0.39, 0.29) is 5.54 Å². The number of nitrogens with zero attached hydrogens (tertiary/aromatic N) is 1. The number of nitrogens with one attached hydrogen (secondary N) is 1. The van der Waals surface area contributed by atoms with Crippen LogP contribution in [0.1, 0.15) is 43.0 Å². The van der Waals surface area contributed by atoms with Crippen LogP contribution in [0.2, 0.25) is 0 Å². The van der Waals surface area contributed by atoms with Crippen LogP contribution in [0.5, 0.6) is 0 Å². The van der Waals surface area contributed by atoms with Gasteiger partial charge in [-0.15, -0.1) is 11.3 Å². The summed E-state index contributed by atoms with van der Waals surface area (Å²) in [5, 5.41) is 3.57. The number of hydrogen-bond donors (Lipinski definition) is 1. The number of aryl methyl sites for hydroxylation is 1. The lowest BCUT2D eigenvalue weighted by atomic mass is 10.1. The van der Waals surface area contributed by atoms with Gasteiger partial charge in [-0.3, -0.25) is 4.90 Å². The Kier molecular flexibility index (Phi) is 7.06. The Balaban J connectivity index is 2.61. The molecule has 20 heavy (non-hydrogen) atoms. The molecule has 0 radical (unpaired) electrons. The van der Waals surface area contributed by atoms with Crippen molar-refractivity contribution in [2.75, 3.05) is 19.1 Å². The average molecular weight is 315 g/mol. The zero-order valence-corrected chi connectivity index (χ0v) is 15.7. The Hall–Kier alpha value is -0.0300. The van der Waals surface area contributed by atoms with E-state index in [4.69, 9.17) is 0 Å². The molecule has 1 rings (SSSR count). The minimum atomic E-state index is 0.182. The van der Waals surface area contributed by atoms with Crippen LogP contribution in [0, 0.1) is 6.92 Å². The van der Waals surface area contributed by atoms with Crippen molar-refractivity contribution < 1.29 is 0 Å². The van der Waals surface area contributed by atoms with Gasteiger partial charge in [-0.25, -0.2) is 0 Å². The van der Waals surface area contributed by atoms with Gasteiger partial charge in [0.2, 0.25) is 0 Å². The van der Waals surface area contributed by atoms with Gasteiger partial charge in [-0.05, 0) is 59.6 Å². The molecule has 1 atom stereocenters. The van der Waals surface area contributed by atoms with Crippen LogP contribution in [0.4, 0.5) is 0 Å². The van der Waals surface area contributed by atoms with Crippen molar-refractivity contribution >= 4 is 23.1 Å². The monoisotopic (exact) mass is 314 g/mol. The van der Waals surface area contributed by atoms with E-state index in [0.29, 0.717) is 6.04 Å². The highest BCUT2D eigenvalue weighted by Crippen LogP contribution is 2.24. The SMILES string of the molecule is CSCC(C)N(C)Cc1cc(CNC(C)(C)C)sc1C. The maximum atomic E-state index is 3.57. The maximum Gasteiger partial charge on any atom is 0.0304 e. The molecule has 1 heterocycles. The summed E-state index contributed by atoms with van der Waals surface area (Å²) in [5.41, 5.74) is 1.66. The molecule has 0 aliphatic heterocycles. The van der Waals surface area contributed by atoms with Gasteiger partial charge in [0.25, 0.3) is 0 Å². The Morgan fingerprint density at radius 3 is 2.60 bits per heavy atom. The minimum Gasteiger partial charge on any atom is -0.307 e. The normalized spacial score (nSPS) is 14.0. The zero-order valence-electron chi connectivity index (χ0n) is 14.0. The molecule has 0 fully saturated rings.